The molecule has 0 saturated carbocycles. The number of rotatable bonds is 6. The fraction of sp³-hybridized carbons (Fsp3) is 0.156. The number of methoxy groups -OCH3 is 1. The van der Waals surface area contributed by atoms with Crippen LogP contribution in [-0.2, 0) is 9.53 Å². The zero-order chi connectivity index (χ0) is 29.5. The summed E-state index contributed by atoms with van der Waals surface area (Å²) in [6.45, 7) is 3.68. The van der Waals surface area contributed by atoms with Crippen molar-refractivity contribution in [3.05, 3.63) is 119 Å². The molecule has 3 aromatic carbocycles. The number of thiazole rings is 1. The van der Waals surface area contributed by atoms with E-state index in [9.17, 15) is 9.59 Å². The van der Waals surface area contributed by atoms with Crippen molar-refractivity contribution in [1.82, 2.24) is 4.57 Å². The second kappa shape index (κ2) is 11.3. The molecule has 0 spiro atoms. The van der Waals surface area contributed by atoms with Crippen molar-refractivity contribution < 1.29 is 18.7 Å². The van der Waals surface area contributed by atoms with Gasteiger partial charge in [0.15, 0.2) is 4.80 Å². The third-order valence-corrected chi connectivity index (χ3v) is 8.77. The Labute approximate surface area is 254 Å². The molecule has 10 heteroatoms. The minimum absolute atomic E-state index is 0.180. The van der Waals surface area contributed by atoms with Crippen LogP contribution >= 0.6 is 34.5 Å². The molecule has 1 atom stereocenters. The Kier molecular flexibility index (Phi) is 7.53. The SMILES string of the molecule is CCOC(=O)C1=C(C)N=c2s/c(=C\c3ccc(-c4ccc(Cl)c(Cl)c4)o3)c(=O)n2[C@H]1c1c(OC)ccc2ccccc12. The Bertz CT molecular complexity index is 2090. The highest BCUT2D eigenvalue weighted by molar-refractivity contribution is 7.07. The van der Waals surface area contributed by atoms with Crippen molar-refractivity contribution in [3.63, 3.8) is 0 Å². The first-order chi connectivity index (χ1) is 20.3. The van der Waals surface area contributed by atoms with Crippen molar-refractivity contribution in [1.29, 1.82) is 0 Å². The van der Waals surface area contributed by atoms with Crippen molar-refractivity contribution >= 4 is 57.4 Å². The van der Waals surface area contributed by atoms with Crippen LogP contribution in [0.5, 0.6) is 5.75 Å². The van der Waals surface area contributed by atoms with Crippen LogP contribution in [0.3, 0.4) is 0 Å². The standard InChI is InChI=1S/C32H24Cl2N2O5S/c1-4-40-31(38)27-17(2)35-32-36(29(27)28-21-8-6-5-7-18(21)10-13-25(28)39-3)30(37)26(42-32)16-20-11-14-24(41-20)19-9-12-22(33)23(34)15-19/h5-16,29H,4H2,1-3H3/b26-16-/t29-/m1/s1. The van der Waals surface area contributed by atoms with Crippen LogP contribution in [0.15, 0.2) is 92.2 Å². The molecule has 0 N–H and O–H groups in total. The van der Waals surface area contributed by atoms with Crippen LogP contribution in [0, 0.1) is 0 Å². The van der Waals surface area contributed by atoms with E-state index >= 15 is 0 Å². The Balaban J connectivity index is 1.56. The number of allylic oxidation sites excluding steroid dienone is 1. The van der Waals surface area contributed by atoms with Gasteiger partial charge < -0.3 is 13.9 Å². The van der Waals surface area contributed by atoms with E-state index in [0.29, 0.717) is 47.9 Å². The second-order valence-corrected chi connectivity index (χ2v) is 11.4. The maximum atomic E-state index is 14.1. The van der Waals surface area contributed by atoms with Gasteiger partial charge in [0.1, 0.15) is 23.3 Å². The first-order valence-electron chi connectivity index (χ1n) is 13.1. The average Bonchev–Trinajstić information content (AvgIpc) is 3.57. The van der Waals surface area contributed by atoms with E-state index in [-0.39, 0.29) is 17.7 Å². The van der Waals surface area contributed by atoms with Gasteiger partial charge in [0.25, 0.3) is 5.56 Å². The molecule has 6 rings (SSSR count). The Morgan fingerprint density at radius 1 is 1.10 bits per heavy atom. The highest BCUT2D eigenvalue weighted by atomic mass is 35.5. The van der Waals surface area contributed by atoms with Crippen molar-refractivity contribution in [2.45, 2.75) is 19.9 Å². The number of hydrogen-bond acceptors (Lipinski definition) is 7. The first-order valence-corrected chi connectivity index (χ1v) is 14.7. The molecule has 42 heavy (non-hydrogen) atoms. The number of hydrogen-bond donors (Lipinski definition) is 0. The van der Waals surface area contributed by atoms with Gasteiger partial charge in [-0.25, -0.2) is 9.79 Å². The average molecular weight is 620 g/mol. The molecule has 0 unspecified atom stereocenters. The number of benzene rings is 3. The van der Waals surface area contributed by atoms with Crippen LogP contribution in [0.4, 0.5) is 0 Å². The van der Waals surface area contributed by atoms with Crippen LogP contribution in [-0.4, -0.2) is 24.3 Å². The van der Waals surface area contributed by atoms with E-state index in [4.69, 9.17) is 37.1 Å². The molecule has 7 nitrogen and oxygen atoms in total. The van der Waals surface area contributed by atoms with E-state index in [1.54, 1.807) is 55.9 Å². The summed E-state index contributed by atoms with van der Waals surface area (Å²) in [6.07, 6.45) is 1.67. The van der Waals surface area contributed by atoms with Crippen molar-refractivity contribution in [2.75, 3.05) is 13.7 Å². The molecule has 5 aromatic rings. The molecule has 0 amide bonds. The van der Waals surface area contributed by atoms with Gasteiger partial charge in [-0.2, -0.15) is 0 Å². The predicted molar refractivity (Wildman–Crippen MR) is 165 cm³/mol. The summed E-state index contributed by atoms with van der Waals surface area (Å²) < 4.78 is 19.2. The zero-order valence-electron chi connectivity index (χ0n) is 22.8. The third-order valence-electron chi connectivity index (χ3n) is 7.05. The molecular formula is C32H24Cl2N2O5S. The van der Waals surface area contributed by atoms with Crippen molar-refractivity contribution in [2.24, 2.45) is 4.99 Å². The highest BCUT2D eigenvalue weighted by Crippen LogP contribution is 2.40. The van der Waals surface area contributed by atoms with E-state index in [1.165, 1.54) is 11.3 Å². The zero-order valence-corrected chi connectivity index (χ0v) is 25.1. The number of carbonyl (C=O) groups excluding carboxylic acids is 1. The first kappa shape index (κ1) is 28.0. The molecule has 0 fully saturated rings. The topological polar surface area (TPSA) is 83.0 Å². The largest absolute Gasteiger partial charge is 0.496 e. The fourth-order valence-electron chi connectivity index (χ4n) is 5.16. The number of aromatic nitrogens is 1. The van der Waals surface area contributed by atoms with Gasteiger partial charge in [-0.1, -0.05) is 64.9 Å². The van der Waals surface area contributed by atoms with E-state index < -0.39 is 12.0 Å². The predicted octanol–water partition coefficient (Wildman–Crippen LogP) is 6.53. The molecule has 0 aliphatic carbocycles. The number of fused-ring (bicyclic) bond motifs is 2. The normalized spacial score (nSPS) is 15.1. The molecule has 1 aliphatic heterocycles. The summed E-state index contributed by atoms with van der Waals surface area (Å²) in [5.41, 5.74) is 1.87. The van der Waals surface area contributed by atoms with Gasteiger partial charge >= 0.3 is 5.97 Å². The summed E-state index contributed by atoms with van der Waals surface area (Å²) in [5.74, 6) is 1.06. The molecular weight excluding hydrogens is 595 g/mol. The summed E-state index contributed by atoms with van der Waals surface area (Å²) in [5, 5.41) is 2.66. The smallest absolute Gasteiger partial charge is 0.338 e. The lowest BCUT2D eigenvalue weighted by Crippen LogP contribution is -2.40. The summed E-state index contributed by atoms with van der Waals surface area (Å²) in [4.78, 5) is 32.6. The third kappa shape index (κ3) is 4.85. The molecule has 3 heterocycles. The van der Waals surface area contributed by atoms with Crippen LogP contribution in [0.2, 0.25) is 10.0 Å². The lowest BCUT2D eigenvalue weighted by molar-refractivity contribution is -0.139. The minimum atomic E-state index is -0.827. The summed E-state index contributed by atoms with van der Waals surface area (Å²) in [7, 11) is 1.57. The number of nitrogens with zero attached hydrogens (tertiary/aromatic N) is 2. The molecule has 2 aromatic heterocycles. The maximum Gasteiger partial charge on any atom is 0.338 e. The van der Waals surface area contributed by atoms with Crippen LogP contribution in [0.1, 0.15) is 31.2 Å². The van der Waals surface area contributed by atoms with Gasteiger partial charge in [-0.3, -0.25) is 9.36 Å². The van der Waals surface area contributed by atoms with E-state index in [2.05, 4.69) is 4.99 Å². The number of carbonyl (C=O) groups is 1. The Morgan fingerprint density at radius 2 is 1.90 bits per heavy atom. The molecule has 0 bridgehead atoms. The quantitative estimate of drug-likeness (QED) is 0.202. The van der Waals surface area contributed by atoms with Crippen molar-refractivity contribution in [3.8, 4) is 17.1 Å². The van der Waals surface area contributed by atoms with Crippen LogP contribution < -0.4 is 19.6 Å². The monoisotopic (exact) mass is 618 g/mol. The fourth-order valence-corrected chi connectivity index (χ4v) is 6.49. The van der Waals surface area contributed by atoms with Gasteiger partial charge in [-0.15, -0.1) is 0 Å². The summed E-state index contributed by atoms with van der Waals surface area (Å²) in [6, 6.07) is 19.6. The Morgan fingerprint density at radius 3 is 2.67 bits per heavy atom. The van der Waals surface area contributed by atoms with Gasteiger partial charge in [0, 0.05) is 17.2 Å². The molecule has 0 saturated heterocycles. The van der Waals surface area contributed by atoms with E-state index in [0.717, 1.165) is 16.3 Å². The number of esters is 1. The number of halogens is 2. The lowest BCUT2D eigenvalue weighted by atomic mass is 9.90. The molecule has 1 aliphatic rings. The number of furan rings is 1. The van der Waals surface area contributed by atoms with E-state index in [1.807, 2.05) is 42.5 Å². The highest BCUT2D eigenvalue weighted by Gasteiger charge is 2.36. The summed E-state index contributed by atoms with van der Waals surface area (Å²) >= 11 is 13.5. The Hall–Kier alpha value is -4.11. The number of ether oxygens (including phenoxy) is 2. The van der Waals surface area contributed by atoms with Gasteiger partial charge in [0.2, 0.25) is 0 Å². The minimum Gasteiger partial charge on any atom is -0.496 e. The molecule has 0 radical (unpaired) electrons. The lowest BCUT2D eigenvalue weighted by Gasteiger charge is -2.27. The second-order valence-electron chi connectivity index (χ2n) is 9.54. The van der Waals surface area contributed by atoms with Crippen LogP contribution in [0.25, 0.3) is 28.2 Å². The molecule has 212 valence electrons. The maximum absolute atomic E-state index is 14.1. The van der Waals surface area contributed by atoms with Gasteiger partial charge in [0.05, 0.1) is 39.6 Å². The van der Waals surface area contributed by atoms with Gasteiger partial charge in [-0.05, 0) is 61.0 Å².